The third-order valence-electron chi connectivity index (χ3n) is 4.79. The van der Waals surface area contributed by atoms with Crippen LogP contribution in [-0.4, -0.2) is 6.04 Å². The quantitative estimate of drug-likeness (QED) is 0.445. The highest BCUT2D eigenvalue weighted by atomic mass is 14.6. The van der Waals surface area contributed by atoms with Gasteiger partial charge in [-0.05, 0) is 55.0 Å². The van der Waals surface area contributed by atoms with Crippen LogP contribution in [0.1, 0.15) is 74.6 Å². The first kappa shape index (κ1) is 20.3. The molecule has 0 aliphatic heterocycles. The molecular weight excluding hydrogens is 314 g/mol. The molecule has 0 aromatic heterocycles. The van der Waals surface area contributed by atoms with E-state index in [9.17, 15) is 0 Å². The minimum absolute atomic E-state index is 0.224. The SMILES string of the molecule is CCCCCC(N)Cc1ccccc1C#Cc1ccc(CCCC)cc1. The van der Waals surface area contributed by atoms with Gasteiger partial charge < -0.3 is 5.73 Å². The summed E-state index contributed by atoms with van der Waals surface area (Å²) >= 11 is 0. The lowest BCUT2D eigenvalue weighted by atomic mass is 9.97. The van der Waals surface area contributed by atoms with E-state index < -0.39 is 0 Å². The van der Waals surface area contributed by atoms with Gasteiger partial charge in [-0.25, -0.2) is 0 Å². The third kappa shape index (κ3) is 7.06. The Morgan fingerprint density at radius 1 is 0.846 bits per heavy atom. The fraction of sp³-hybridized carbons (Fsp3) is 0.440. The molecule has 0 radical (unpaired) electrons. The first-order chi connectivity index (χ1) is 12.7. The van der Waals surface area contributed by atoms with Crippen molar-refractivity contribution in [3.05, 3.63) is 70.8 Å². The van der Waals surface area contributed by atoms with E-state index in [1.54, 1.807) is 0 Å². The molecule has 0 aliphatic rings. The topological polar surface area (TPSA) is 26.0 Å². The van der Waals surface area contributed by atoms with Gasteiger partial charge in [0.25, 0.3) is 0 Å². The minimum Gasteiger partial charge on any atom is -0.327 e. The van der Waals surface area contributed by atoms with Crippen molar-refractivity contribution in [2.45, 2.75) is 71.3 Å². The van der Waals surface area contributed by atoms with E-state index >= 15 is 0 Å². The molecule has 0 spiro atoms. The van der Waals surface area contributed by atoms with Gasteiger partial charge in [0.15, 0.2) is 0 Å². The number of hydrogen-bond donors (Lipinski definition) is 1. The maximum atomic E-state index is 6.33. The van der Waals surface area contributed by atoms with E-state index in [0.29, 0.717) is 0 Å². The van der Waals surface area contributed by atoms with Crippen LogP contribution in [0.5, 0.6) is 0 Å². The minimum atomic E-state index is 0.224. The van der Waals surface area contributed by atoms with Crippen molar-refractivity contribution in [1.29, 1.82) is 0 Å². The van der Waals surface area contributed by atoms with Crippen molar-refractivity contribution in [2.24, 2.45) is 5.73 Å². The molecule has 1 heteroatoms. The molecule has 0 bridgehead atoms. The summed E-state index contributed by atoms with van der Waals surface area (Å²) < 4.78 is 0. The second-order valence-electron chi connectivity index (χ2n) is 7.17. The summed E-state index contributed by atoms with van der Waals surface area (Å²) in [5.74, 6) is 6.68. The molecule has 138 valence electrons. The Bertz CT molecular complexity index is 703. The normalized spacial score (nSPS) is 11.7. The van der Waals surface area contributed by atoms with E-state index in [2.05, 4.69) is 74.2 Å². The standard InChI is InChI=1S/C25H33N/c1-3-5-7-13-25(26)20-24-12-9-8-11-23(24)19-18-22-16-14-21(15-17-22)10-6-4-2/h8-9,11-12,14-17,25H,3-7,10,13,20,26H2,1-2H3. The highest BCUT2D eigenvalue weighted by Crippen LogP contribution is 2.13. The van der Waals surface area contributed by atoms with Crippen LogP contribution >= 0.6 is 0 Å². The van der Waals surface area contributed by atoms with Gasteiger partial charge in [0.1, 0.15) is 0 Å². The summed E-state index contributed by atoms with van der Waals surface area (Å²) in [6.07, 6.45) is 9.36. The van der Waals surface area contributed by atoms with Crippen molar-refractivity contribution in [3.8, 4) is 11.8 Å². The molecule has 0 aliphatic carbocycles. The van der Waals surface area contributed by atoms with Gasteiger partial charge in [0.05, 0.1) is 0 Å². The van der Waals surface area contributed by atoms with E-state index in [-0.39, 0.29) is 6.04 Å². The number of benzene rings is 2. The molecule has 2 rings (SSSR count). The third-order valence-corrected chi connectivity index (χ3v) is 4.79. The molecule has 2 N–H and O–H groups in total. The molecule has 0 heterocycles. The largest absolute Gasteiger partial charge is 0.327 e. The summed E-state index contributed by atoms with van der Waals surface area (Å²) in [6.45, 7) is 4.46. The van der Waals surface area contributed by atoms with Crippen molar-refractivity contribution in [3.63, 3.8) is 0 Å². The van der Waals surface area contributed by atoms with Crippen molar-refractivity contribution >= 4 is 0 Å². The van der Waals surface area contributed by atoms with E-state index in [0.717, 1.165) is 30.4 Å². The zero-order chi connectivity index (χ0) is 18.6. The average molecular weight is 348 g/mol. The Hall–Kier alpha value is -2.04. The lowest BCUT2D eigenvalue weighted by Crippen LogP contribution is -2.23. The maximum absolute atomic E-state index is 6.33. The second kappa shape index (κ2) is 11.6. The van der Waals surface area contributed by atoms with Crippen molar-refractivity contribution in [2.75, 3.05) is 0 Å². The molecule has 0 fully saturated rings. The summed E-state index contributed by atoms with van der Waals surface area (Å²) in [6, 6.07) is 17.3. The number of nitrogens with two attached hydrogens (primary N) is 1. The molecule has 1 nitrogen and oxygen atoms in total. The predicted molar refractivity (Wildman–Crippen MR) is 113 cm³/mol. The second-order valence-corrected chi connectivity index (χ2v) is 7.17. The summed E-state index contributed by atoms with van der Waals surface area (Å²) in [7, 11) is 0. The fourth-order valence-corrected chi connectivity index (χ4v) is 3.14. The average Bonchev–Trinajstić information content (AvgIpc) is 2.67. The van der Waals surface area contributed by atoms with Crippen LogP contribution in [0.2, 0.25) is 0 Å². The van der Waals surface area contributed by atoms with Crippen LogP contribution in [0.3, 0.4) is 0 Å². The smallest absolute Gasteiger partial charge is 0.0281 e. The predicted octanol–water partition coefficient (Wildman–Crippen LogP) is 5.88. The summed E-state index contributed by atoms with van der Waals surface area (Å²) in [4.78, 5) is 0. The molecular formula is C25H33N. The Labute approximate surface area is 160 Å². The van der Waals surface area contributed by atoms with Crippen LogP contribution < -0.4 is 5.73 Å². The zero-order valence-electron chi connectivity index (χ0n) is 16.4. The van der Waals surface area contributed by atoms with Gasteiger partial charge in [-0.2, -0.15) is 0 Å². The fourth-order valence-electron chi connectivity index (χ4n) is 3.14. The first-order valence-electron chi connectivity index (χ1n) is 10.2. The number of unbranched alkanes of at least 4 members (excludes halogenated alkanes) is 3. The van der Waals surface area contributed by atoms with Gasteiger partial charge in [-0.1, -0.05) is 81.7 Å². The maximum Gasteiger partial charge on any atom is 0.0281 e. The van der Waals surface area contributed by atoms with Crippen molar-refractivity contribution in [1.82, 2.24) is 0 Å². The van der Waals surface area contributed by atoms with Crippen LogP contribution in [0.25, 0.3) is 0 Å². The Morgan fingerprint density at radius 2 is 1.58 bits per heavy atom. The van der Waals surface area contributed by atoms with E-state index in [1.165, 1.54) is 43.2 Å². The zero-order valence-corrected chi connectivity index (χ0v) is 16.4. The highest BCUT2D eigenvalue weighted by Gasteiger charge is 2.06. The monoisotopic (exact) mass is 347 g/mol. The number of hydrogen-bond acceptors (Lipinski definition) is 1. The Morgan fingerprint density at radius 3 is 2.31 bits per heavy atom. The van der Waals surface area contributed by atoms with Gasteiger partial charge in [0, 0.05) is 17.2 Å². The molecule has 0 amide bonds. The molecule has 1 atom stereocenters. The Kier molecular flexibility index (Phi) is 9.01. The molecule has 0 saturated heterocycles. The lowest BCUT2D eigenvalue weighted by molar-refractivity contribution is 0.557. The molecule has 0 saturated carbocycles. The van der Waals surface area contributed by atoms with Crippen LogP contribution in [0.15, 0.2) is 48.5 Å². The van der Waals surface area contributed by atoms with E-state index in [4.69, 9.17) is 5.73 Å². The molecule has 26 heavy (non-hydrogen) atoms. The first-order valence-corrected chi connectivity index (χ1v) is 10.2. The van der Waals surface area contributed by atoms with Gasteiger partial charge >= 0.3 is 0 Å². The molecule has 2 aromatic rings. The number of aryl methyl sites for hydroxylation is 1. The van der Waals surface area contributed by atoms with Gasteiger partial charge in [-0.15, -0.1) is 0 Å². The van der Waals surface area contributed by atoms with Gasteiger partial charge in [-0.3, -0.25) is 0 Å². The van der Waals surface area contributed by atoms with Crippen LogP contribution in [-0.2, 0) is 12.8 Å². The van der Waals surface area contributed by atoms with E-state index in [1.807, 2.05) is 0 Å². The highest BCUT2D eigenvalue weighted by molar-refractivity contribution is 5.47. The van der Waals surface area contributed by atoms with Crippen LogP contribution in [0.4, 0.5) is 0 Å². The van der Waals surface area contributed by atoms with Crippen molar-refractivity contribution < 1.29 is 0 Å². The Balaban J connectivity index is 2.02. The lowest BCUT2D eigenvalue weighted by Gasteiger charge is -2.12. The summed E-state index contributed by atoms with van der Waals surface area (Å²) in [5.41, 5.74) is 11.2. The van der Waals surface area contributed by atoms with Crippen LogP contribution in [0, 0.1) is 11.8 Å². The number of rotatable bonds is 9. The summed E-state index contributed by atoms with van der Waals surface area (Å²) in [5, 5.41) is 0. The van der Waals surface area contributed by atoms with Gasteiger partial charge in [0.2, 0.25) is 0 Å². The molecule has 1 unspecified atom stereocenters. The molecule has 2 aromatic carbocycles.